The molecule has 2 N–H and O–H groups in total. The minimum Gasteiger partial charge on any atom is -0.496 e. The van der Waals surface area contributed by atoms with Gasteiger partial charge < -0.3 is 15.2 Å². The van der Waals surface area contributed by atoms with E-state index in [-0.39, 0.29) is 0 Å². The Labute approximate surface area is 104 Å². The highest BCUT2D eigenvalue weighted by Crippen LogP contribution is 2.25. The molecule has 1 atom stereocenters. The standard InChI is InChI=1S/C14H23NO2/c1-11-5-6-13(17-4)12(9-11)10-14(2,16)7-8-15-3/h5-6,9,15-16H,7-8,10H2,1-4H3. The molecule has 1 aromatic rings. The van der Waals surface area contributed by atoms with Crippen molar-refractivity contribution in [2.75, 3.05) is 20.7 Å². The molecule has 0 amide bonds. The van der Waals surface area contributed by atoms with Crippen molar-refractivity contribution < 1.29 is 9.84 Å². The van der Waals surface area contributed by atoms with E-state index < -0.39 is 5.60 Å². The molecule has 17 heavy (non-hydrogen) atoms. The summed E-state index contributed by atoms with van der Waals surface area (Å²) in [5.74, 6) is 0.848. The minimum absolute atomic E-state index is 0.611. The van der Waals surface area contributed by atoms with Crippen LogP contribution in [0.3, 0.4) is 0 Å². The molecule has 0 spiro atoms. The molecule has 0 fully saturated rings. The van der Waals surface area contributed by atoms with E-state index in [4.69, 9.17) is 4.74 Å². The van der Waals surface area contributed by atoms with Crippen LogP contribution >= 0.6 is 0 Å². The molecular formula is C14H23NO2. The fourth-order valence-corrected chi connectivity index (χ4v) is 1.94. The fraction of sp³-hybridized carbons (Fsp3) is 0.571. The molecule has 1 unspecified atom stereocenters. The molecule has 3 nitrogen and oxygen atoms in total. The predicted octanol–water partition coefficient (Wildman–Crippen LogP) is 1.91. The van der Waals surface area contributed by atoms with Crippen molar-refractivity contribution >= 4 is 0 Å². The highest BCUT2D eigenvalue weighted by molar-refractivity contribution is 5.37. The maximum Gasteiger partial charge on any atom is 0.122 e. The molecule has 3 heteroatoms. The summed E-state index contributed by atoms with van der Waals surface area (Å²) in [5, 5.41) is 13.4. The summed E-state index contributed by atoms with van der Waals surface area (Å²) < 4.78 is 5.32. The van der Waals surface area contributed by atoms with Crippen molar-refractivity contribution in [1.29, 1.82) is 0 Å². The quantitative estimate of drug-likeness (QED) is 0.794. The normalized spacial score (nSPS) is 14.4. The third kappa shape index (κ3) is 4.36. The molecule has 1 rings (SSSR count). The van der Waals surface area contributed by atoms with Crippen LogP contribution in [0.15, 0.2) is 18.2 Å². The summed E-state index contributed by atoms with van der Waals surface area (Å²) in [6.45, 7) is 4.72. The highest BCUT2D eigenvalue weighted by atomic mass is 16.5. The molecular weight excluding hydrogens is 214 g/mol. The second-order valence-corrected chi connectivity index (χ2v) is 4.84. The fourth-order valence-electron chi connectivity index (χ4n) is 1.94. The molecule has 0 radical (unpaired) electrons. The van der Waals surface area contributed by atoms with Crippen LogP contribution in [0.4, 0.5) is 0 Å². The van der Waals surface area contributed by atoms with E-state index in [0.29, 0.717) is 6.42 Å². The molecule has 0 heterocycles. The first kappa shape index (κ1) is 14.0. The number of ether oxygens (including phenoxy) is 1. The lowest BCUT2D eigenvalue weighted by Gasteiger charge is -2.24. The Morgan fingerprint density at radius 2 is 2.12 bits per heavy atom. The van der Waals surface area contributed by atoms with Crippen LogP contribution in [0.25, 0.3) is 0 Å². The average Bonchev–Trinajstić information content (AvgIpc) is 2.26. The monoisotopic (exact) mass is 237 g/mol. The predicted molar refractivity (Wildman–Crippen MR) is 70.6 cm³/mol. The van der Waals surface area contributed by atoms with Crippen molar-refractivity contribution in [3.05, 3.63) is 29.3 Å². The number of rotatable bonds is 6. The summed E-state index contributed by atoms with van der Waals surface area (Å²) in [6.07, 6.45) is 1.33. The maximum absolute atomic E-state index is 10.3. The van der Waals surface area contributed by atoms with Crippen molar-refractivity contribution in [2.24, 2.45) is 0 Å². The number of hydrogen-bond acceptors (Lipinski definition) is 3. The molecule has 0 aromatic heterocycles. The van der Waals surface area contributed by atoms with Crippen LogP contribution < -0.4 is 10.1 Å². The lowest BCUT2D eigenvalue weighted by molar-refractivity contribution is 0.0514. The Balaban J connectivity index is 2.82. The zero-order valence-electron chi connectivity index (χ0n) is 11.2. The van der Waals surface area contributed by atoms with Gasteiger partial charge in [0.25, 0.3) is 0 Å². The van der Waals surface area contributed by atoms with Crippen molar-refractivity contribution in [1.82, 2.24) is 5.32 Å². The van der Waals surface area contributed by atoms with Crippen LogP contribution in [-0.4, -0.2) is 31.4 Å². The smallest absolute Gasteiger partial charge is 0.122 e. The summed E-state index contributed by atoms with van der Waals surface area (Å²) in [6, 6.07) is 6.05. The zero-order valence-corrected chi connectivity index (χ0v) is 11.2. The van der Waals surface area contributed by atoms with Gasteiger partial charge in [0.05, 0.1) is 12.7 Å². The van der Waals surface area contributed by atoms with Crippen LogP contribution in [0.5, 0.6) is 5.75 Å². The van der Waals surface area contributed by atoms with Gasteiger partial charge in [0.1, 0.15) is 5.75 Å². The average molecular weight is 237 g/mol. The van der Waals surface area contributed by atoms with E-state index in [1.165, 1.54) is 5.56 Å². The Morgan fingerprint density at radius 1 is 1.41 bits per heavy atom. The van der Waals surface area contributed by atoms with E-state index in [1.807, 2.05) is 33.0 Å². The topological polar surface area (TPSA) is 41.5 Å². The molecule has 96 valence electrons. The van der Waals surface area contributed by atoms with E-state index in [1.54, 1.807) is 7.11 Å². The van der Waals surface area contributed by atoms with E-state index in [9.17, 15) is 5.11 Å². The van der Waals surface area contributed by atoms with Crippen LogP contribution in [0.2, 0.25) is 0 Å². The Hall–Kier alpha value is -1.06. The van der Waals surface area contributed by atoms with Crippen molar-refractivity contribution in [2.45, 2.75) is 32.3 Å². The number of nitrogens with one attached hydrogen (secondary N) is 1. The number of hydrogen-bond donors (Lipinski definition) is 2. The number of aryl methyl sites for hydroxylation is 1. The summed E-state index contributed by atoms with van der Waals surface area (Å²) in [4.78, 5) is 0. The third-order valence-electron chi connectivity index (χ3n) is 2.92. The third-order valence-corrected chi connectivity index (χ3v) is 2.92. The largest absolute Gasteiger partial charge is 0.496 e. The highest BCUT2D eigenvalue weighted by Gasteiger charge is 2.22. The van der Waals surface area contributed by atoms with Gasteiger partial charge in [-0.2, -0.15) is 0 Å². The number of methoxy groups -OCH3 is 1. The Bertz CT molecular complexity index is 361. The lowest BCUT2D eigenvalue weighted by atomic mass is 9.92. The van der Waals surface area contributed by atoms with Crippen molar-refractivity contribution in [3.63, 3.8) is 0 Å². The van der Waals surface area contributed by atoms with Gasteiger partial charge in [0.2, 0.25) is 0 Å². The zero-order chi connectivity index (χ0) is 12.9. The van der Waals surface area contributed by atoms with Gasteiger partial charge in [-0.05, 0) is 45.5 Å². The molecule has 0 saturated heterocycles. The van der Waals surface area contributed by atoms with Gasteiger partial charge in [-0.25, -0.2) is 0 Å². The second-order valence-electron chi connectivity index (χ2n) is 4.84. The molecule has 0 aliphatic heterocycles. The summed E-state index contributed by atoms with van der Waals surface area (Å²) in [5.41, 5.74) is 1.54. The Morgan fingerprint density at radius 3 is 2.71 bits per heavy atom. The maximum atomic E-state index is 10.3. The van der Waals surface area contributed by atoms with Crippen LogP contribution in [0, 0.1) is 6.92 Å². The van der Waals surface area contributed by atoms with Gasteiger partial charge in [-0.1, -0.05) is 17.7 Å². The first-order chi connectivity index (χ1) is 7.98. The van der Waals surface area contributed by atoms with E-state index in [0.717, 1.165) is 24.3 Å². The van der Waals surface area contributed by atoms with Crippen LogP contribution in [-0.2, 0) is 6.42 Å². The van der Waals surface area contributed by atoms with Gasteiger partial charge in [0, 0.05) is 6.42 Å². The molecule has 0 bridgehead atoms. The van der Waals surface area contributed by atoms with E-state index >= 15 is 0 Å². The van der Waals surface area contributed by atoms with Gasteiger partial charge >= 0.3 is 0 Å². The summed E-state index contributed by atoms with van der Waals surface area (Å²) >= 11 is 0. The lowest BCUT2D eigenvalue weighted by Crippen LogP contribution is -2.31. The Kier molecular flexibility index (Phi) is 4.97. The first-order valence-corrected chi connectivity index (χ1v) is 5.99. The van der Waals surface area contributed by atoms with E-state index in [2.05, 4.69) is 11.4 Å². The number of benzene rings is 1. The minimum atomic E-state index is -0.704. The van der Waals surface area contributed by atoms with Gasteiger partial charge in [0.15, 0.2) is 0 Å². The summed E-state index contributed by atoms with van der Waals surface area (Å²) in [7, 11) is 3.56. The molecule has 0 aliphatic rings. The molecule has 1 aromatic carbocycles. The number of aliphatic hydroxyl groups is 1. The van der Waals surface area contributed by atoms with Crippen molar-refractivity contribution in [3.8, 4) is 5.75 Å². The second kappa shape index (κ2) is 6.03. The van der Waals surface area contributed by atoms with Crippen LogP contribution in [0.1, 0.15) is 24.5 Å². The SMILES string of the molecule is CNCCC(C)(O)Cc1cc(C)ccc1OC. The van der Waals surface area contributed by atoms with Gasteiger partial charge in [-0.3, -0.25) is 0 Å². The molecule has 0 saturated carbocycles. The van der Waals surface area contributed by atoms with Gasteiger partial charge in [-0.15, -0.1) is 0 Å². The molecule has 0 aliphatic carbocycles. The first-order valence-electron chi connectivity index (χ1n) is 5.99.